The SMILES string of the molecule is CC(C)CC(NC(=O)C(CCCN=C(N)N)NC(=O)CNC(=O)C(Cc1ccccc1)NC(=O)C(N)CC(N)=O)C(=O)O. The first-order chi connectivity index (χ1) is 20.2. The lowest BCUT2D eigenvalue weighted by Crippen LogP contribution is -2.55. The lowest BCUT2D eigenvalue weighted by molar-refractivity contribution is -0.142. The summed E-state index contributed by atoms with van der Waals surface area (Å²) in [5.74, 6) is -5.18. The number of nitrogens with zero attached hydrogens (tertiary/aromatic N) is 1. The standard InChI is InChI=1S/C27H43N9O7/c1-15(2)11-20(26(42)43)36-25(41)18(9-6-10-32-27(30)31)34-22(38)14-33-24(40)19(12-16-7-4-3-5-8-16)35-23(39)17(28)13-21(29)37/h3-5,7-8,15,17-20H,6,9-14,28H2,1-2H3,(H2,29,37)(H,33,40)(H,34,38)(H,35,39)(H,36,41)(H,42,43)(H4,30,31,32). The number of hydrogen-bond donors (Lipinski definition) is 9. The topological polar surface area (TPSA) is 287 Å². The van der Waals surface area contributed by atoms with Gasteiger partial charge in [0.05, 0.1) is 19.0 Å². The number of benzene rings is 1. The van der Waals surface area contributed by atoms with Crippen LogP contribution in [0.15, 0.2) is 35.3 Å². The van der Waals surface area contributed by atoms with Crippen LogP contribution in [0.4, 0.5) is 0 Å². The Kier molecular flexibility index (Phi) is 15.7. The third kappa shape index (κ3) is 15.2. The highest BCUT2D eigenvalue weighted by Crippen LogP contribution is 2.07. The fraction of sp³-hybridized carbons (Fsp3) is 0.519. The maximum atomic E-state index is 13.0. The molecule has 43 heavy (non-hydrogen) atoms. The van der Waals surface area contributed by atoms with Crippen molar-refractivity contribution in [1.29, 1.82) is 0 Å². The lowest BCUT2D eigenvalue weighted by atomic mass is 10.0. The van der Waals surface area contributed by atoms with Crippen LogP contribution in [0, 0.1) is 5.92 Å². The molecule has 0 aromatic heterocycles. The Hall–Kier alpha value is -4.73. The quantitative estimate of drug-likeness (QED) is 0.0443. The molecule has 0 fully saturated rings. The van der Waals surface area contributed by atoms with Crippen LogP contribution in [0.5, 0.6) is 0 Å². The van der Waals surface area contributed by atoms with Crippen molar-refractivity contribution in [2.24, 2.45) is 33.8 Å². The van der Waals surface area contributed by atoms with Gasteiger partial charge in [-0.25, -0.2) is 4.79 Å². The summed E-state index contributed by atoms with van der Waals surface area (Å²) >= 11 is 0. The third-order valence-electron chi connectivity index (χ3n) is 6.02. The van der Waals surface area contributed by atoms with E-state index in [0.29, 0.717) is 5.56 Å². The number of aliphatic carboxylic acids is 1. The van der Waals surface area contributed by atoms with Gasteiger partial charge in [-0.05, 0) is 30.7 Å². The number of nitrogens with one attached hydrogen (secondary N) is 4. The van der Waals surface area contributed by atoms with Crippen molar-refractivity contribution < 1.29 is 33.9 Å². The van der Waals surface area contributed by atoms with Gasteiger partial charge < -0.3 is 49.3 Å². The molecule has 5 amide bonds. The molecule has 0 saturated carbocycles. The van der Waals surface area contributed by atoms with Crippen LogP contribution in [0.3, 0.4) is 0 Å². The molecule has 16 nitrogen and oxygen atoms in total. The first-order valence-electron chi connectivity index (χ1n) is 13.7. The smallest absolute Gasteiger partial charge is 0.326 e. The highest BCUT2D eigenvalue weighted by atomic mass is 16.4. The van der Waals surface area contributed by atoms with Gasteiger partial charge in [0.1, 0.15) is 18.1 Å². The predicted molar refractivity (Wildman–Crippen MR) is 158 cm³/mol. The molecule has 1 rings (SSSR count). The van der Waals surface area contributed by atoms with Gasteiger partial charge in [0, 0.05) is 13.0 Å². The maximum Gasteiger partial charge on any atom is 0.326 e. The van der Waals surface area contributed by atoms with E-state index < -0.39 is 72.6 Å². The number of amides is 5. The van der Waals surface area contributed by atoms with E-state index in [4.69, 9.17) is 22.9 Å². The van der Waals surface area contributed by atoms with Crippen molar-refractivity contribution in [1.82, 2.24) is 21.3 Å². The predicted octanol–water partition coefficient (Wildman–Crippen LogP) is -2.81. The van der Waals surface area contributed by atoms with Crippen molar-refractivity contribution in [2.45, 2.75) is 70.1 Å². The number of carboxylic acid groups (broad SMARTS) is 1. The Balaban J connectivity index is 2.96. The molecule has 0 aliphatic heterocycles. The second kappa shape index (κ2) is 18.7. The number of carbonyl (C=O) groups excluding carboxylic acids is 5. The van der Waals surface area contributed by atoms with Gasteiger partial charge in [0.2, 0.25) is 29.5 Å². The van der Waals surface area contributed by atoms with Crippen LogP contribution in [0.25, 0.3) is 0 Å². The number of guanidine groups is 1. The molecule has 13 N–H and O–H groups in total. The second-order valence-corrected chi connectivity index (χ2v) is 10.3. The van der Waals surface area contributed by atoms with E-state index in [1.54, 1.807) is 44.2 Å². The highest BCUT2D eigenvalue weighted by Gasteiger charge is 2.28. The fourth-order valence-electron chi connectivity index (χ4n) is 3.92. The van der Waals surface area contributed by atoms with Gasteiger partial charge in [-0.1, -0.05) is 44.2 Å². The number of primary amides is 1. The summed E-state index contributed by atoms with van der Waals surface area (Å²) in [4.78, 5) is 77.9. The molecule has 238 valence electrons. The fourth-order valence-corrected chi connectivity index (χ4v) is 3.92. The minimum Gasteiger partial charge on any atom is -0.480 e. The molecule has 0 aliphatic carbocycles. The van der Waals surface area contributed by atoms with Gasteiger partial charge in [-0.3, -0.25) is 29.0 Å². The van der Waals surface area contributed by atoms with E-state index in [9.17, 15) is 33.9 Å². The number of aliphatic imine (C=N–C) groups is 1. The Bertz CT molecular complexity index is 1140. The van der Waals surface area contributed by atoms with Gasteiger partial charge in [-0.15, -0.1) is 0 Å². The summed E-state index contributed by atoms with van der Waals surface area (Å²) in [5, 5.41) is 19.3. The van der Waals surface area contributed by atoms with Crippen molar-refractivity contribution in [3.05, 3.63) is 35.9 Å². The first kappa shape index (κ1) is 36.3. The average molecular weight is 606 g/mol. The molecule has 4 atom stereocenters. The number of carbonyl (C=O) groups is 6. The molecule has 0 aliphatic rings. The van der Waals surface area contributed by atoms with E-state index in [2.05, 4.69) is 26.3 Å². The molecule has 0 bridgehead atoms. The van der Waals surface area contributed by atoms with Crippen LogP contribution < -0.4 is 44.2 Å². The van der Waals surface area contributed by atoms with E-state index in [1.165, 1.54) is 0 Å². The number of nitrogens with two attached hydrogens (primary N) is 4. The van der Waals surface area contributed by atoms with Gasteiger partial charge >= 0.3 is 5.97 Å². The minimum absolute atomic E-state index is 0.0267. The summed E-state index contributed by atoms with van der Waals surface area (Å²) in [5.41, 5.74) is 22.2. The molecular weight excluding hydrogens is 562 g/mol. The molecule has 0 saturated heterocycles. The Labute approximate surface area is 249 Å². The number of carboxylic acids is 1. The van der Waals surface area contributed by atoms with Crippen molar-refractivity contribution in [3.63, 3.8) is 0 Å². The number of hydrogen-bond acceptors (Lipinski definition) is 8. The van der Waals surface area contributed by atoms with Crippen LogP contribution >= 0.6 is 0 Å². The molecule has 0 heterocycles. The molecule has 1 aromatic rings. The maximum absolute atomic E-state index is 13.0. The molecule has 0 spiro atoms. The lowest BCUT2D eigenvalue weighted by Gasteiger charge is -2.23. The molecule has 0 radical (unpaired) electrons. The second-order valence-electron chi connectivity index (χ2n) is 10.3. The van der Waals surface area contributed by atoms with Crippen LogP contribution in [-0.4, -0.2) is 83.8 Å². The van der Waals surface area contributed by atoms with Crippen molar-refractivity contribution >= 4 is 41.5 Å². The van der Waals surface area contributed by atoms with Crippen LogP contribution in [-0.2, 0) is 35.2 Å². The van der Waals surface area contributed by atoms with Crippen LogP contribution in [0.2, 0.25) is 0 Å². The van der Waals surface area contributed by atoms with Gasteiger partial charge in [0.15, 0.2) is 5.96 Å². The summed E-state index contributed by atoms with van der Waals surface area (Å²) in [6, 6.07) is 3.96. The zero-order valence-corrected chi connectivity index (χ0v) is 24.4. The zero-order valence-electron chi connectivity index (χ0n) is 24.4. The minimum atomic E-state index is -1.28. The Morgan fingerprint density at radius 1 is 0.860 bits per heavy atom. The van der Waals surface area contributed by atoms with Crippen LogP contribution in [0.1, 0.15) is 45.1 Å². The van der Waals surface area contributed by atoms with Gasteiger partial charge in [0.25, 0.3) is 0 Å². The normalized spacial score (nSPS) is 13.5. The molecule has 16 heteroatoms. The summed E-state index contributed by atoms with van der Waals surface area (Å²) in [7, 11) is 0. The average Bonchev–Trinajstić information content (AvgIpc) is 2.92. The van der Waals surface area contributed by atoms with Crippen molar-refractivity contribution in [2.75, 3.05) is 13.1 Å². The Morgan fingerprint density at radius 3 is 2.05 bits per heavy atom. The number of rotatable bonds is 19. The van der Waals surface area contributed by atoms with E-state index >= 15 is 0 Å². The summed E-state index contributed by atoms with van der Waals surface area (Å²) < 4.78 is 0. The molecular formula is C27H43N9O7. The molecule has 1 aromatic carbocycles. The van der Waals surface area contributed by atoms with E-state index in [0.717, 1.165) is 0 Å². The summed E-state index contributed by atoms with van der Waals surface area (Å²) in [6.45, 7) is 3.20. The third-order valence-corrected chi connectivity index (χ3v) is 6.02. The largest absolute Gasteiger partial charge is 0.480 e. The molecule has 4 unspecified atom stereocenters. The van der Waals surface area contributed by atoms with E-state index in [-0.39, 0.29) is 44.1 Å². The first-order valence-corrected chi connectivity index (χ1v) is 13.7. The monoisotopic (exact) mass is 605 g/mol. The summed E-state index contributed by atoms with van der Waals surface area (Å²) in [6.07, 6.45) is 0.136. The van der Waals surface area contributed by atoms with Gasteiger partial charge in [-0.2, -0.15) is 0 Å². The zero-order chi connectivity index (χ0) is 32.5. The van der Waals surface area contributed by atoms with E-state index in [1.807, 2.05) is 0 Å². The highest BCUT2D eigenvalue weighted by molar-refractivity contribution is 5.95. The van der Waals surface area contributed by atoms with Crippen molar-refractivity contribution in [3.8, 4) is 0 Å². The Morgan fingerprint density at radius 2 is 1.49 bits per heavy atom.